The Hall–Kier alpha value is -9.52. The van der Waals surface area contributed by atoms with Gasteiger partial charge in [0.1, 0.15) is 11.4 Å². The third kappa shape index (κ3) is 9.47. The fraction of sp³-hybridized carbons (Fsp3) is 0.0857. The number of hydrogen-bond acceptors (Lipinski definition) is 7. The van der Waals surface area contributed by atoms with Gasteiger partial charge in [-0.15, -0.1) is 0 Å². The first kappa shape index (κ1) is 52.5. The molecule has 0 fully saturated rings. The maximum Gasteiger partial charge on any atom is 0.248 e. The van der Waals surface area contributed by atoms with Crippen molar-refractivity contribution in [3.05, 3.63) is 244 Å². The summed E-state index contributed by atoms with van der Waals surface area (Å²) in [6.07, 6.45) is 10.7. The SMILES string of the molecule is Cc1ccc(-c2c(C)[c]c(-c3cccc(-c4ccc(C(N)=O)cc4-c4cccc(-c5ccc(C#N)cc5-c5c(-c6ccncc6)cnc(-c6ccccc6)c5O)c4Cl)c3Cl)c(C)c2-c2c(C)cc(C)c(-c3cccnc3)c2C)cn1. The molecule has 11 rings (SSSR count). The molecule has 4 heterocycles. The number of aryl methyl sites for hydroxylation is 4. The molecule has 387 valence electrons. The summed E-state index contributed by atoms with van der Waals surface area (Å²) < 4.78 is 0. The number of primary amides is 1. The van der Waals surface area contributed by atoms with Crippen LogP contribution in [0.15, 0.2) is 183 Å². The molecule has 0 unspecified atom stereocenters. The highest BCUT2D eigenvalue weighted by molar-refractivity contribution is 6.38. The number of amides is 1. The second kappa shape index (κ2) is 21.7. The molecule has 10 heteroatoms. The Bertz CT molecular complexity index is 4310. The summed E-state index contributed by atoms with van der Waals surface area (Å²) in [5.41, 5.74) is 28.1. The first-order chi connectivity index (χ1) is 38.7. The Kier molecular flexibility index (Phi) is 14.3. The van der Waals surface area contributed by atoms with E-state index in [4.69, 9.17) is 38.9 Å². The summed E-state index contributed by atoms with van der Waals surface area (Å²) in [6.45, 7) is 12.7. The number of aromatic hydroxyl groups is 1. The minimum Gasteiger partial charge on any atom is -0.505 e. The van der Waals surface area contributed by atoms with Crippen molar-refractivity contribution in [2.75, 3.05) is 0 Å². The van der Waals surface area contributed by atoms with Crippen molar-refractivity contribution in [3.63, 3.8) is 0 Å². The Morgan fingerprint density at radius 2 is 1.16 bits per heavy atom. The lowest BCUT2D eigenvalue weighted by Crippen LogP contribution is -2.11. The van der Waals surface area contributed by atoms with Gasteiger partial charge >= 0.3 is 0 Å². The third-order valence-electron chi connectivity index (χ3n) is 15.0. The van der Waals surface area contributed by atoms with Crippen molar-refractivity contribution < 1.29 is 9.90 Å². The molecular formula is C70H51Cl2N6O2. The second-order valence-electron chi connectivity index (χ2n) is 20.0. The van der Waals surface area contributed by atoms with Crippen LogP contribution in [0.4, 0.5) is 0 Å². The number of carbonyl (C=O) groups is 1. The van der Waals surface area contributed by atoms with Gasteiger partial charge in [-0.25, -0.2) is 0 Å². The van der Waals surface area contributed by atoms with E-state index in [1.165, 1.54) is 0 Å². The number of nitrogens with zero attached hydrogens (tertiary/aromatic N) is 5. The summed E-state index contributed by atoms with van der Waals surface area (Å²) >= 11 is 15.6. The topological polar surface area (TPSA) is 139 Å². The number of nitrogens with two attached hydrogens (primary N) is 1. The molecule has 3 N–H and O–H groups in total. The van der Waals surface area contributed by atoms with Gasteiger partial charge in [-0.3, -0.25) is 24.7 Å². The Morgan fingerprint density at radius 1 is 0.512 bits per heavy atom. The van der Waals surface area contributed by atoms with E-state index in [0.29, 0.717) is 76.9 Å². The van der Waals surface area contributed by atoms with Crippen LogP contribution in [0.25, 0.3) is 111 Å². The zero-order chi connectivity index (χ0) is 55.9. The molecule has 1 radical (unpaired) electrons. The molecule has 11 aromatic rings. The zero-order valence-electron chi connectivity index (χ0n) is 44.7. The van der Waals surface area contributed by atoms with Gasteiger partial charge in [-0.1, -0.05) is 120 Å². The Morgan fingerprint density at radius 3 is 1.84 bits per heavy atom. The van der Waals surface area contributed by atoms with Crippen molar-refractivity contribution in [1.82, 2.24) is 19.9 Å². The second-order valence-corrected chi connectivity index (χ2v) is 20.7. The van der Waals surface area contributed by atoms with Gasteiger partial charge in [0.05, 0.1) is 21.7 Å². The number of halogens is 2. The highest BCUT2D eigenvalue weighted by Gasteiger charge is 2.28. The van der Waals surface area contributed by atoms with Crippen LogP contribution in [0.5, 0.6) is 5.75 Å². The van der Waals surface area contributed by atoms with E-state index in [1.54, 1.807) is 49.1 Å². The normalized spacial score (nSPS) is 11.1. The van der Waals surface area contributed by atoms with Crippen LogP contribution in [-0.4, -0.2) is 30.9 Å². The molecule has 0 aliphatic heterocycles. The van der Waals surface area contributed by atoms with Gasteiger partial charge in [0, 0.05) is 98.5 Å². The summed E-state index contributed by atoms with van der Waals surface area (Å²) in [4.78, 5) is 31.4. The van der Waals surface area contributed by atoms with Gasteiger partial charge in [0.15, 0.2) is 0 Å². The Labute approximate surface area is 475 Å². The minimum absolute atomic E-state index is 0.0738. The molecule has 0 saturated heterocycles. The number of hydrogen-bond donors (Lipinski definition) is 2. The van der Waals surface area contributed by atoms with Crippen molar-refractivity contribution in [2.24, 2.45) is 5.73 Å². The number of pyridine rings is 4. The quantitative estimate of drug-likeness (QED) is 0.131. The van der Waals surface area contributed by atoms with E-state index in [1.807, 2.05) is 122 Å². The minimum atomic E-state index is -0.615. The maximum absolute atomic E-state index is 13.1. The standard InChI is InChI=1S/C70H51Cl2N6O2/c1-39-31-40(2)62(44(6)61(39)49-15-12-28-76-36-49)64-43(5)57(32-41(3)63(64)50-22-20-42(4)77-37-50)55-18-10-16-53(66(55)71)51-25-23-48(70(74)80)34-58(51)56-19-11-17-54(67(56)72)52-24-21-45(35-73)33-59(52)65-60(46-26-29-75-30-27-46)38-78-68(69(65)79)47-13-8-7-9-14-47/h7-31,33-34,36-38,79H,1-6H3,(H2,74,80). The average molecular weight is 1080 g/mol. The van der Waals surface area contributed by atoms with Gasteiger partial charge in [-0.2, -0.15) is 5.26 Å². The lowest BCUT2D eigenvalue weighted by atomic mass is 9.79. The van der Waals surface area contributed by atoms with E-state index in [0.717, 1.165) is 83.6 Å². The molecule has 8 nitrogen and oxygen atoms in total. The maximum atomic E-state index is 13.1. The van der Waals surface area contributed by atoms with E-state index >= 15 is 0 Å². The van der Waals surface area contributed by atoms with Crippen LogP contribution < -0.4 is 5.73 Å². The predicted molar refractivity (Wildman–Crippen MR) is 324 cm³/mol. The average Bonchev–Trinajstić information content (AvgIpc) is 3.36. The van der Waals surface area contributed by atoms with Gasteiger partial charge in [0.2, 0.25) is 5.91 Å². The molecular weight excluding hydrogens is 1030 g/mol. The molecule has 0 atom stereocenters. The number of aromatic nitrogens is 4. The predicted octanol–water partition coefficient (Wildman–Crippen LogP) is 17.6. The summed E-state index contributed by atoms with van der Waals surface area (Å²) in [5.74, 6) is -0.689. The van der Waals surface area contributed by atoms with E-state index in [9.17, 15) is 15.2 Å². The lowest BCUT2D eigenvalue weighted by molar-refractivity contribution is 0.1000. The summed E-state index contributed by atoms with van der Waals surface area (Å²) in [5, 5.41) is 23.6. The Balaban J connectivity index is 1.11. The van der Waals surface area contributed by atoms with Crippen molar-refractivity contribution in [2.45, 2.75) is 41.5 Å². The molecule has 4 aromatic heterocycles. The molecule has 0 saturated carbocycles. The van der Waals surface area contributed by atoms with Crippen LogP contribution in [0.3, 0.4) is 0 Å². The van der Waals surface area contributed by atoms with Crippen molar-refractivity contribution in [1.29, 1.82) is 5.26 Å². The van der Waals surface area contributed by atoms with E-state index < -0.39 is 5.91 Å². The number of rotatable bonds is 11. The number of benzene rings is 7. The lowest BCUT2D eigenvalue weighted by Gasteiger charge is -2.25. The van der Waals surface area contributed by atoms with Gasteiger partial charge in [0.25, 0.3) is 0 Å². The highest BCUT2D eigenvalue weighted by Crippen LogP contribution is 2.52. The number of carbonyl (C=O) groups excluding carboxylic acids is 1. The van der Waals surface area contributed by atoms with Crippen LogP contribution in [0.2, 0.25) is 10.0 Å². The molecule has 80 heavy (non-hydrogen) atoms. The molecule has 0 spiro atoms. The van der Waals surface area contributed by atoms with Crippen LogP contribution in [-0.2, 0) is 0 Å². The molecule has 0 bridgehead atoms. The van der Waals surface area contributed by atoms with E-state index in [2.05, 4.69) is 74.9 Å². The smallest absolute Gasteiger partial charge is 0.248 e. The highest BCUT2D eigenvalue weighted by atomic mass is 35.5. The third-order valence-corrected chi connectivity index (χ3v) is 15.8. The monoisotopic (exact) mass is 1080 g/mol. The first-order valence-corrected chi connectivity index (χ1v) is 26.7. The fourth-order valence-electron chi connectivity index (χ4n) is 11.4. The van der Waals surface area contributed by atoms with Gasteiger partial charge in [-0.05, 0) is 180 Å². The van der Waals surface area contributed by atoms with Crippen molar-refractivity contribution in [3.8, 4) is 123 Å². The largest absolute Gasteiger partial charge is 0.505 e. The van der Waals surface area contributed by atoms with E-state index in [-0.39, 0.29) is 11.3 Å². The van der Waals surface area contributed by atoms with Crippen LogP contribution in [0.1, 0.15) is 49.4 Å². The summed E-state index contributed by atoms with van der Waals surface area (Å²) in [7, 11) is 0. The van der Waals surface area contributed by atoms with Crippen LogP contribution >= 0.6 is 23.2 Å². The molecule has 1 amide bonds. The first-order valence-electron chi connectivity index (χ1n) is 26.0. The fourth-order valence-corrected chi connectivity index (χ4v) is 12.0. The van der Waals surface area contributed by atoms with Gasteiger partial charge < -0.3 is 10.8 Å². The zero-order valence-corrected chi connectivity index (χ0v) is 46.3. The summed E-state index contributed by atoms with van der Waals surface area (Å²) in [6, 6.07) is 52.0. The number of nitriles is 1. The van der Waals surface area contributed by atoms with Crippen LogP contribution in [0, 0.1) is 58.9 Å². The molecule has 0 aliphatic rings. The molecule has 0 aliphatic carbocycles. The van der Waals surface area contributed by atoms with Crippen molar-refractivity contribution >= 4 is 29.1 Å². The molecule has 7 aromatic carbocycles.